The maximum absolute atomic E-state index is 11.2. The van der Waals surface area contributed by atoms with Crippen molar-refractivity contribution in [3.8, 4) is 24.4 Å². The highest BCUT2D eigenvalue weighted by Crippen LogP contribution is 2.20. The van der Waals surface area contributed by atoms with Crippen LogP contribution in [0.4, 0.5) is 0 Å². The van der Waals surface area contributed by atoms with Gasteiger partial charge in [0.15, 0.2) is 0 Å². The third-order valence-electron chi connectivity index (χ3n) is 1.70. The monoisotopic (exact) mass is 164 g/mol. The molecule has 64 valence electrons. The van der Waals surface area contributed by atoms with E-state index in [-0.39, 0.29) is 5.97 Å². The van der Waals surface area contributed by atoms with Crippen molar-refractivity contribution in [2.24, 2.45) is 5.41 Å². The average Bonchev–Trinajstić information content (AvgIpc) is 2.05. The van der Waals surface area contributed by atoms with Crippen molar-refractivity contribution in [1.29, 1.82) is 0 Å². The highest BCUT2D eigenvalue weighted by molar-refractivity contribution is 5.76. The predicted molar refractivity (Wildman–Crippen MR) is 46.8 cm³/mol. The van der Waals surface area contributed by atoms with Crippen molar-refractivity contribution < 1.29 is 9.53 Å². The molecule has 0 heterocycles. The molecule has 0 saturated carbocycles. The summed E-state index contributed by atoms with van der Waals surface area (Å²) in [5.41, 5.74) is -0.483. The summed E-state index contributed by atoms with van der Waals surface area (Å²) in [5, 5.41) is 0. The van der Waals surface area contributed by atoms with Gasteiger partial charge in [-0.2, -0.15) is 0 Å². The van der Waals surface area contributed by atoms with Crippen LogP contribution in [-0.4, -0.2) is 5.97 Å². The fraction of sp³-hybridized carbons (Fsp3) is 0.500. The first-order valence-electron chi connectivity index (χ1n) is 3.71. The van der Waals surface area contributed by atoms with Gasteiger partial charge in [-0.15, -0.1) is 6.42 Å². The lowest BCUT2D eigenvalue weighted by atomic mass is 9.91. The number of esters is 1. The standard InChI is InChI=1S/C10H12O2/c1-5-7-8-12-9(11)10(3,4)6-2/h1H,6H2,2-4H3. The van der Waals surface area contributed by atoms with Crippen LogP contribution in [0.3, 0.4) is 0 Å². The molecule has 0 aliphatic heterocycles. The molecule has 0 aromatic rings. The molecule has 0 spiro atoms. The summed E-state index contributed by atoms with van der Waals surface area (Å²) in [7, 11) is 0. The van der Waals surface area contributed by atoms with Crippen LogP contribution in [0.15, 0.2) is 0 Å². The molecule has 0 bridgehead atoms. The van der Waals surface area contributed by atoms with E-state index in [1.54, 1.807) is 13.8 Å². The van der Waals surface area contributed by atoms with E-state index in [9.17, 15) is 4.79 Å². The molecule has 0 N–H and O–H groups in total. The van der Waals surface area contributed by atoms with Gasteiger partial charge in [0.2, 0.25) is 0 Å². The van der Waals surface area contributed by atoms with Crippen LogP contribution in [0, 0.1) is 29.8 Å². The lowest BCUT2D eigenvalue weighted by Gasteiger charge is -2.17. The molecule has 2 nitrogen and oxygen atoms in total. The van der Waals surface area contributed by atoms with E-state index in [2.05, 4.69) is 22.7 Å². The summed E-state index contributed by atoms with van der Waals surface area (Å²) >= 11 is 0. The molecule has 0 atom stereocenters. The van der Waals surface area contributed by atoms with Crippen molar-refractivity contribution in [3.63, 3.8) is 0 Å². The normalized spacial score (nSPS) is 9.17. The van der Waals surface area contributed by atoms with Crippen LogP contribution in [0.1, 0.15) is 27.2 Å². The Balaban J connectivity index is 4.16. The van der Waals surface area contributed by atoms with Gasteiger partial charge in [0.05, 0.1) is 5.41 Å². The largest absolute Gasteiger partial charge is 0.371 e. The van der Waals surface area contributed by atoms with Gasteiger partial charge in [-0.25, -0.2) is 0 Å². The zero-order chi connectivity index (χ0) is 9.61. The molecule has 0 unspecified atom stereocenters. The first-order valence-corrected chi connectivity index (χ1v) is 3.71. The maximum atomic E-state index is 11.2. The first-order chi connectivity index (χ1) is 5.54. The zero-order valence-electron chi connectivity index (χ0n) is 7.60. The minimum absolute atomic E-state index is 0.340. The molecule has 0 fully saturated rings. The van der Waals surface area contributed by atoms with E-state index in [0.29, 0.717) is 6.42 Å². The van der Waals surface area contributed by atoms with Crippen molar-refractivity contribution in [3.05, 3.63) is 0 Å². The van der Waals surface area contributed by atoms with E-state index in [0.717, 1.165) is 0 Å². The molecule has 0 aromatic carbocycles. The molecule has 0 amide bonds. The van der Waals surface area contributed by atoms with E-state index in [4.69, 9.17) is 6.42 Å². The van der Waals surface area contributed by atoms with Gasteiger partial charge in [-0.05, 0) is 26.2 Å². The molecular weight excluding hydrogens is 152 g/mol. The third-order valence-corrected chi connectivity index (χ3v) is 1.70. The number of hydrogen-bond acceptors (Lipinski definition) is 2. The first kappa shape index (κ1) is 10.6. The summed E-state index contributed by atoms with van der Waals surface area (Å²) in [6, 6.07) is 0. The summed E-state index contributed by atoms with van der Waals surface area (Å²) in [6.45, 7) is 5.51. The molecule has 0 saturated heterocycles. The number of ether oxygens (including phenoxy) is 1. The second-order valence-corrected chi connectivity index (χ2v) is 3.00. The predicted octanol–water partition coefficient (Wildman–Crippen LogP) is 1.56. The number of rotatable bonds is 2. The SMILES string of the molecule is C#CC#COC(=O)C(C)(C)CC. The van der Waals surface area contributed by atoms with Crippen molar-refractivity contribution in [1.82, 2.24) is 0 Å². The second kappa shape index (κ2) is 4.46. The molecule has 0 rings (SSSR count). The Morgan fingerprint density at radius 3 is 2.58 bits per heavy atom. The van der Waals surface area contributed by atoms with Crippen LogP contribution >= 0.6 is 0 Å². The highest BCUT2D eigenvalue weighted by atomic mass is 16.5. The van der Waals surface area contributed by atoms with Gasteiger partial charge in [-0.3, -0.25) is 4.79 Å². The number of carbonyl (C=O) groups is 1. The van der Waals surface area contributed by atoms with E-state index in [1.807, 2.05) is 6.92 Å². The van der Waals surface area contributed by atoms with Gasteiger partial charge < -0.3 is 4.74 Å². The van der Waals surface area contributed by atoms with Crippen molar-refractivity contribution in [2.45, 2.75) is 27.2 Å². The summed E-state index contributed by atoms with van der Waals surface area (Å²) < 4.78 is 4.60. The minimum Gasteiger partial charge on any atom is -0.371 e. The molecule has 0 aliphatic carbocycles. The van der Waals surface area contributed by atoms with Crippen molar-refractivity contribution >= 4 is 5.97 Å². The fourth-order valence-corrected chi connectivity index (χ4v) is 0.384. The smallest absolute Gasteiger partial charge is 0.325 e. The molecule has 0 aromatic heterocycles. The molecular formula is C10H12O2. The number of carbonyl (C=O) groups excluding carboxylic acids is 1. The number of terminal acetylenes is 1. The summed E-state index contributed by atoms with van der Waals surface area (Å²) in [5.74, 6) is 3.92. The Hall–Kier alpha value is -1.41. The molecule has 12 heavy (non-hydrogen) atoms. The van der Waals surface area contributed by atoms with Gasteiger partial charge in [0, 0.05) is 5.92 Å². The van der Waals surface area contributed by atoms with Gasteiger partial charge in [0.1, 0.15) is 6.11 Å². The Morgan fingerprint density at radius 1 is 1.58 bits per heavy atom. The van der Waals surface area contributed by atoms with Crippen LogP contribution < -0.4 is 0 Å². The molecule has 0 aliphatic rings. The van der Waals surface area contributed by atoms with E-state index >= 15 is 0 Å². The van der Waals surface area contributed by atoms with Crippen LogP contribution in [0.25, 0.3) is 0 Å². The quantitative estimate of drug-likeness (QED) is 0.457. The summed E-state index contributed by atoms with van der Waals surface area (Å²) in [6.07, 6.45) is 7.69. The van der Waals surface area contributed by atoms with Crippen LogP contribution in [0.5, 0.6) is 0 Å². The highest BCUT2D eigenvalue weighted by Gasteiger charge is 2.26. The maximum Gasteiger partial charge on any atom is 0.325 e. The Morgan fingerprint density at radius 2 is 2.17 bits per heavy atom. The summed E-state index contributed by atoms with van der Waals surface area (Å²) in [4.78, 5) is 11.2. The average molecular weight is 164 g/mol. The van der Waals surface area contributed by atoms with Gasteiger partial charge >= 0.3 is 5.97 Å². The molecule has 2 heteroatoms. The lowest BCUT2D eigenvalue weighted by Crippen LogP contribution is -2.24. The van der Waals surface area contributed by atoms with Crippen LogP contribution in [0.2, 0.25) is 0 Å². The van der Waals surface area contributed by atoms with Crippen LogP contribution in [-0.2, 0) is 9.53 Å². The minimum atomic E-state index is -0.483. The molecule has 0 radical (unpaired) electrons. The van der Waals surface area contributed by atoms with Gasteiger partial charge in [-0.1, -0.05) is 6.92 Å². The second-order valence-electron chi connectivity index (χ2n) is 3.00. The van der Waals surface area contributed by atoms with Crippen molar-refractivity contribution in [2.75, 3.05) is 0 Å². The Kier molecular flexibility index (Phi) is 3.94. The topological polar surface area (TPSA) is 26.3 Å². The third kappa shape index (κ3) is 3.12. The Labute approximate surface area is 73.3 Å². The van der Waals surface area contributed by atoms with E-state index in [1.165, 1.54) is 0 Å². The van der Waals surface area contributed by atoms with Gasteiger partial charge in [0.25, 0.3) is 0 Å². The fourth-order valence-electron chi connectivity index (χ4n) is 0.384. The Bertz CT molecular complexity index is 258. The lowest BCUT2D eigenvalue weighted by molar-refractivity contribution is -0.146. The zero-order valence-corrected chi connectivity index (χ0v) is 7.60. The van der Waals surface area contributed by atoms with E-state index < -0.39 is 5.41 Å². The number of hydrogen-bond donors (Lipinski definition) is 0.